The third-order valence-corrected chi connectivity index (χ3v) is 4.01. The lowest BCUT2D eigenvalue weighted by Crippen LogP contribution is -2.54. The van der Waals surface area contributed by atoms with E-state index >= 15 is 0 Å². The summed E-state index contributed by atoms with van der Waals surface area (Å²) in [5.41, 5.74) is 1.06. The number of phenols is 1. The second-order valence-corrected chi connectivity index (χ2v) is 5.83. The summed E-state index contributed by atoms with van der Waals surface area (Å²) in [6, 6.07) is 7.26. The highest BCUT2D eigenvalue weighted by molar-refractivity contribution is 5.80. The number of nitrogens with zero attached hydrogens (tertiary/aromatic N) is 3. The molecular weight excluding hydrogens is 320 g/mol. The van der Waals surface area contributed by atoms with Gasteiger partial charge in [-0.3, -0.25) is 4.99 Å². The predicted molar refractivity (Wildman–Crippen MR) is 98.0 cm³/mol. The van der Waals surface area contributed by atoms with Crippen LogP contribution >= 0.6 is 0 Å². The van der Waals surface area contributed by atoms with Crippen LogP contribution in [-0.2, 0) is 11.2 Å². The summed E-state index contributed by atoms with van der Waals surface area (Å²) in [5.74, 6) is 1.15. The minimum absolute atomic E-state index is 0.243. The fourth-order valence-corrected chi connectivity index (χ4v) is 2.74. The zero-order valence-electron chi connectivity index (χ0n) is 15.1. The van der Waals surface area contributed by atoms with Crippen molar-refractivity contribution in [1.82, 2.24) is 15.1 Å². The first-order valence-electron chi connectivity index (χ1n) is 8.87. The predicted octanol–water partition coefficient (Wildman–Crippen LogP) is 1.67. The van der Waals surface area contributed by atoms with E-state index in [1.165, 1.54) is 0 Å². The number of aliphatic imine (C=N–C) groups is 1. The number of benzene rings is 1. The third kappa shape index (κ3) is 5.85. The number of hydrogen-bond acceptors (Lipinski definition) is 4. The zero-order chi connectivity index (χ0) is 18.1. The van der Waals surface area contributed by atoms with Gasteiger partial charge in [0.1, 0.15) is 5.75 Å². The Hall–Kier alpha value is -2.44. The van der Waals surface area contributed by atoms with Crippen LogP contribution in [0.1, 0.15) is 19.4 Å². The minimum atomic E-state index is -0.243. The number of carbonyl (C=O) groups is 1. The van der Waals surface area contributed by atoms with Gasteiger partial charge in [-0.2, -0.15) is 0 Å². The van der Waals surface area contributed by atoms with Gasteiger partial charge in [0.15, 0.2) is 5.96 Å². The van der Waals surface area contributed by atoms with E-state index in [1.807, 2.05) is 26.0 Å². The number of ether oxygens (including phenoxy) is 1. The smallest absolute Gasteiger partial charge is 0.409 e. The van der Waals surface area contributed by atoms with Crippen molar-refractivity contribution in [3.8, 4) is 5.75 Å². The highest BCUT2D eigenvalue weighted by Gasteiger charge is 2.23. The van der Waals surface area contributed by atoms with E-state index in [0.29, 0.717) is 26.2 Å². The van der Waals surface area contributed by atoms with E-state index < -0.39 is 0 Å². The Morgan fingerprint density at radius 2 is 1.96 bits per heavy atom. The summed E-state index contributed by atoms with van der Waals surface area (Å²) >= 11 is 0. The van der Waals surface area contributed by atoms with Crippen molar-refractivity contribution in [1.29, 1.82) is 0 Å². The molecule has 0 bridgehead atoms. The molecule has 0 radical (unpaired) electrons. The van der Waals surface area contributed by atoms with E-state index in [2.05, 4.69) is 15.2 Å². The number of guanidine groups is 1. The molecule has 0 atom stereocenters. The van der Waals surface area contributed by atoms with Crippen LogP contribution in [0.25, 0.3) is 0 Å². The Balaban J connectivity index is 1.88. The SMILES string of the molecule is CCNC(=NCCc1cccc(O)c1)N1CCN(C(=O)OCC)CC1. The molecule has 1 fully saturated rings. The van der Waals surface area contributed by atoms with Crippen LogP contribution in [0, 0.1) is 0 Å². The van der Waals surface area contributed by atoms with E-state index in [0.717, 1.165) is 37.6 Å². The molecule has 0 unspecified atom stereocenters. The number of nitrogens with one attached hydrogen (secondary N) is 1. The summed E-state index contributed by atoms with van der Waals surface area (Å²) in [4.78, 5) is 20.4. The summed E-state index contributed by atoms with van der Waals surface area (Å²) < 4.78 is 5.05. The fourth-order valence-electron chi connectivity index (χ4n) is 2.74. The van der Waals surface area contributed by atoms with Crippen molar-refractivity contribution in [2.24, 2.45) is 4.99 Å². The summed E-state index contributed by atoms with van der Waals surface area (Å²) in [7, 11) is 0. The second kappa shape index (κ2) is 9.76. The number of phenolic OH excluding ortho intramolecular Hbond substituents is 1. The molecule has 1 aromatic carbocycles. The van der Waals surface area contributed by atoms with Gasteiger partial charge in [-0.1, -0.05) is 12.1 Å². The van der Waals surface area contributed by atoms with Crippen LogP contribution in [0.4, 0.5) is 4.79 Å². The van der Waals surface area contributed by atoms with Crippen LogP contribution in [-0.4, -0.2) is 72.8 Å². The monoisotopic (exact) mass is 348 g/mol. The van der Waals surface area contributed by atoms with E-state index in [-0.39, 0.29) is 11.8 Å². The number of hydrogen-bond donors (Lipinski definition) is 2. The first kappa shape index (κ1) is 18.9. The van der Waals surface area contributed by atoms with Gasteiger partial charge < -0.3 is 25.0 Å². The van der Waals surface area contributed by atoms with Crippen LogP contribution < -0.4 is 5.32 Å². The van der Waals surface area contributed by atoms with Crippen molar-refractivity contribution in [2.75, 3.05) is 45.9 Å². The average Bonchev–Trinajstić information content (AvgIpc) is 2.61. The zero-order valence-corrected chi connectivity index (χ0v) is 15.1. The van der Waals surface area contributed by atoms with Gasteiger partial charge in [0.05, 0.1) is 6.61 Å². The molecule has 0 spiro atoms. The number of piperazine rings is 1. The maximum Gasteiger partial charge on any atom is 0.409 e. The molecule has 1 amide bonds. The number of carbonyl (C=O) groups excluding carboxylic acids is 1. The molecule has 2 rings (SSSR count). The average molecular weight is 348 g/mol. The standard InChI is InChI=1S/C18H28N4O3/c1-3-19-17(20-9-8-15-6-5-7-16(23)14-15)21-10-12-22(13-11-21)18(24)25-4-2/h5-7,14,23H,3-4,8-13H2,1-2H3,(H,19,20). The Morgan fingerprint density at radius 3 is 2.60 bits per heavy atom. The van der Waals surface area contributed by atoms with E-state index in [9.17, 15) is 9.90 Å². The van der Waals surface area contributed by atoms with Gasteiger partial charge in [0.25, 0.3) is 0 Å². The van der Waals surface area contributed by atoms with Gasteiger partial charge in [0.2, 0.25) is 0 Å². The highest BCUT2D eigenvalue weighted by atomic mass is 16.6. The largest absolute Gasteiger partial charge is 0.508 e. The van der Waals surface area contributed by atoms with Crippen molar-refractivity contribution in [2.45, 2.75) is 20.3 Å². The normalized spacial score (nSPS) is 15.2. The number of aromatic hydroxyl groups is 1. The first-order chi connectivity index (χ1) is 12.1. The molecule has 0 saturated carbocycles. The van der Waals surface area contributed by atoms with Gasteiger partial charge in [-0.15, -0.1) is 0 Å². The van der Waals surface area contributed by atoms with Crippen molar-refractivity contribution < 1.29 is 14.6 Å². The number of amides is 1. The Labute approximate surface area is 149 Å². The number of rotatable bonds is 5. The van der Waals surface area contributed by atoms with Crippen LogP contribution in [0.15, 0.2) is 29.3 Å². The van der Waals surface area contributed by atoms with Crippen molar-refractivity contribution >= 4 is 12.1 Å². The summed E-state index contributed by atoms with van der Waals surface area (Å²) in [6.45, 7) is 8.43. The Morgan fingerprint density at radius 1 is 1.24 bits per heavy atom. The van der Waals surface area contributed by atoms with Crippen molar-refractivity contribution in [3.05, 3.63) is 29.8 Å². The van der Waals surface area contributed by atoms with Gasteiger partial charge in [0, 0.05) is 39.3 Å². The molecule has 7 nitrogen and oxygen atoms in total. The lowest BCUT2D eigenvalue weighted by molar-refractivity contribution is 0.0914. The lowest BCUT2D eigenvalue weighted by atomic mass is 10.1. The minimum Gasteiger partial charge on any atom is -0.508 e. The van der Waals surface area contributed by atoms with Gasteiger partial charge in [-0.05, 0) is 38.0 Å². The molecule has 0 aliphatic carbocycles. The van der Waals surface area contributed by atoms with Gasteiger partial charge >= 0.3 is 6.09 Å². The van der Waals surface area contributed by atoms with Crippen LogP contribution in [0.2, 0.25) is 0 Å². The molecule has 1 aromatic rings. The molecule has 1 heterocycles. The fraction of sp³-hybridized carbons (Fsp3) is 0.556. The first-order valence-corrected chi connectivity index (χ1v) is 8.87. The summed E-state index contributed by atoms with van der Waals surface area (Å²) in [5, 5.41) is 12.8. The van der Waals surface area contributed by atoms with Crippen LogP contribution in [0.5, 0.6) is 5.75 Å². The Bertz CT molecular complexity index is 583. The molecule has 1 saturated heterocycles. The van der Waals surface area contributed by atoms with Gasteiger partial charge in [-0.25, -0.2) is 4.79 Å². The van der Waals surface area contributed by atoms with Crippen molar-refractivity contribution in [3.63, 3.8) is 0 Å². The molecule has 25 heavy (non-hydrogen) atoms. The molecule has 138 valence electrons. The third-order valence-electron chi connectivity index (χ3n) is 4.01. The maximum atomic E-state index is 11.8. The maximum absolute atomic E-state index is 11.8. The highest BCUT2D eigenvalue weighted by Crippen LogP contribution is 2.11. The second-order valence-electron chi connectivity index (χ2n) is 5.83. The molecule has 1 aliphatic heterocycles. The van der Waals surface area contributed by atoms with E-state index in [1.54, 1.807) is 17.0 Å². The molecule has 1 aliphatic rings. The van der Waals surface area contributed by atoms with Crippen LogP contribution in [0.3, 0.4) is 0 Å². The quantitative estimate of drug-likeness (QED) is 0.625. The topological polar surface area (TPSA) is 77.4 Å². The molecular formula is C18H28N4O3. The van der Waals surface area contributed by atoms with E-state index in [4.69, 9.17) is 4.74 Å². The summed E-state index contributed by atoms with van der Waals surface area (Å²) in [6.07, 6.45) is 0.527. The lowest BCUT2D eigenvalue weighted by Gasteiger charge is -2.35. The Kier molecular flexibility index (Phi) is 7.37. The molecule has 0 aromatic heterocycles. The molecule has 7 heteroatoms. The molecule has 2 N–H and O–H groups in total.